The van der Waals surface area contributed by atoms with Gasteiger partial charge in [0.25, 0.3) is 0 Å². The average molecular weight is 503 g/mol. The number of H-pyrrole nitrogens is 2. The fourth-order valence-corrected chi connectivity index (χ4v) is 3.96. The molecule has 176 valence electrons. The van der Waals surface area contributed by atoms with Gasteiger partial charge in [-0.05, 0) is 36.4 Å². The zero-order valence-corrected chi connectivity index (χ0v) is 18.9. The van der Waals surface area contributed by atoms with Crippen LogP contribution in [0.15, 0.2) is 84.0 Å². The number of nitrogens with zero attached hydrogens (tertiary/aromatic N) is 5. The molecule has 0 aliphatic heterocycles. The third-order valence-corrected chi connectivity index (χ3v) is 7.16. The Kier molecular flexibility index (Phi) is 7.83. The molecule has 34 heavy (non-hydrogen) atoms. The van der Waals surface area contributed by atoms with Crippen LogP contribution in [-0.4, -0.2) is 54.4 Å². The normalized spacial score (nSPS) is 10.9. The van der Waals surface area contributed by atoms with Gasteiger partial charge in [0, 0.05) is 6.72 Å². The highest BCUT2D eigenvalue weighted by Crippen LogP contribution is 2.14. The highest BCUT2D eigenvalue weighted by atomic mass is 33.2. The number of para-hydroxylation sites is 5. The fourth-order valence-electron chi connectivity index (χ4n) is 2.34. The first-order chi connectivity index (χ1) is 16.3. The first kappa shape index (κ1) is 24.3. The van der Waals surface area contributed by atoms with Crippen LogP contribution >= 0.6 is 0 Å². The molecule has 0 aliphatic rings. The predicted molar refractivity (Wildman–Crippen MR) is 125 cm³/mol. The molecule has 2 aromatic heterocycles. The minimum absolute atomic E-state index is 0.114. The van der Waals surface area contributed by atoms with Gasteiger partial charge < -0.3 is 4.18 Å². The number of rotatable bonds is 5. The van der Waals surface area contributed by atoms with Crippen molar-refractivity contribution in [2.24, 2.45) is 5.10 Å². The van der Waals surface area contributed by atoms with E-state index in [1.54, 1.807) is 6.07 Å². The van der Waals surface area contributed by atoms with Gasteiger partial charge in [0.1, 0.15) is 27.8 Å². The maximum absolute atomic E-state index is 11.3. The third-order valence-electron chi connectivity index (χ3n) is 3.83. The van der Waals surface area contributed by atoms with Crippen LogP contribution in [0.5, 0.6) is 5.75 Å². The Morgan fingerprint density at radius 2 is 1.06 bits per heavy atom. The number of fused-ring (bicyclic) bond motifs is 2. The summed E-state index contributed by atoms with van der Waals surface area (Å²) in [6, 6.07) is 22.6. The van der Waals surface area contributed by atoms with Gasteiger partial charge in [0.2, 0.25) is 0 Å². The molecule has 0 saturated heterocycles. The van der Waals surface area contributed by atoms with Crippen molar-refractivity contribution in [3.63, 3.8) is 0 Å². The molecule has 2 heterocycles. The Hall–Kier alpha value is -4.37. The molecular formula is C19H18N8O5S2. The molecule has 0 saturated carbocycles. The first-order valence-electron chi connectivity index (χ1n) is 9.30. The quantitative estimate of drug-likeness (QED) is 0.183. The predicted octanol–water partition coefficient (Wildman–Crippen LogP) is 1.76. The maximum atomic E-state index is 11.3. The van der Waals surface area contributed by atoms with Crippen molar-refractivity contribution in [1.82, 2.24) is 35.7 Å². The second-order valence-electron chi connectivity index (χ2n) is 6.13. The van der Waals surface area contributed by atoms with Crippen LogP contribution in [-0.2, 0) is 18.2 Å². The Morgan fingerprint density at radius 1 is 0.676 bits per heavy atom. The average Bonchev–Trinajstić information content (AvgIpc) is 3.50. The van der Waals surface area contributed by atoms with Crippen molar-refractivity contribution < 1.29 is 21.0 Å². The summed E-state index contributed by atoms with van der Waals surface area (Å²) in [6.07, 6.45) is 0. The Labute approximate surface area is 193 Å². The molecule has 5 aromatic rings. The summed E-state index contributed by atoms with van der Waals surface area (Å²) in [5.41, 5.74) is 3.66. The van der Waals surface area contributed by atoms with Crippen LogP contribution in [0.25, 0.3) is 22.1 Å². The summed E-state index contributed by atoms with van der Waals surface area (Å²) in [6.45, 7) is 2.81. The van der Waals surface area contributed by atoms with E-state index in [-0.39, 0.29) is 5.75 Å². The zero-order chi connectivity index (χ0) is 24.4. The van der Waals surface area contributed by atoms with Gasteiger partial charge in [-0.2, -0.15) is 57.6 Å². The van der Waals surface area contributed by atoms with E-state index in [1.165, 1.54) is 29.1 Å². The van der Waals surface area contributed by atoms with Gasteiger partial charge in [-0.3, -0.25) is 0 Å². The third kappa shape index (κ3) is 6.33. The molecular weight excluding hydrogens is 484 g/mol. The van der Waals surface area contributed by atoms with E-state index in [2.05, 4.69) is 46.8 Å². The molecule has 15 heteroatoms. The first-order valence-corrected chi connectivity index (χ1v) is 12.7. The summed E-state index contributed by atoms with van der Waals surface area (Å²) in [4.78, 5) is 1.36. The molecule has 0 amide bonds. The molecule has 3 N–H and O–H groups in total. The molecule has 0 fully saturated rings. The van der Waals surface area contributed by atoms with E-state index < -0.39 is 18.2 Å². The molecule has 0 spiro atoms. The van der Waals surface area contributed by atoms with Gasteiger partial charge >= 0.3 is 18.2 Å². The van der Waals surface area contributed by atoms with Gasteiger partial charge in [0.15, 0.2) is 0 Å². The van der Waals surface area contributed by atoms with E-state index in [1.807, 2.05) is 48.5 Å². The van der Waals surface area contributed by atoms with Crippen LogP contribution in [0, 0.1) is 0 Å². The van der Waals surface area contributed by atoms with E-state index in [4.69, 9.17) is 0 Å². The lowest BCUT2D eigenvalue weighted by atomic mass is 10.3. The second-order valence-corrected chi connectivity index (χ2v) is 10.7. The van der Waals surface area contributed by atoms with E-state index in [0.717, 1.165) is 22.1 Å². The van der Waals surface area contributed by atoms with Crippen LogP contribution < -0.4 is 9.01 Å². The van der Waals surface area contributed by atoms with Crippen LogP contribution in [0.4, 0.5) is 0 Å². The zero-order valence-electron chi connectivity index (χ0n) is 17.3. The number of benzene rings is 3. The van der Waals surface area contributed by atoms with Crippen molar-refractivity contribution in [3.8, 4) is 5.75 Å². The van der Waals surface area contributed by atoms with Crippen molar-refractivity contribution in [3.05, 3.63) is 78.9 Å². The molecule has 0 bridgehead atoms. The Bertz CT molecular complexity index is 1440. The molecule has 0 unspecified atom stereocenters. The fraction of sp³-hybridized carbons (Fsp3) is 0. The summed E-state index contributed by atoms with van der Waals surface area (Å²) in [7, 11) is -9.58. The lowest BCUT2D eigenvalue weighted by Crippen LogP contribution is -2.30. The number of nitrogens with one attached hydrogen (secondary N) is 3. The Balaban J connectivity index is 0.000000152. The number of aromatic amines is 2. The lowest BCUT2D eigenvalue weighted by Gasteiger charge is -2.06. The van der Waals surface area contributed by atoms with Crippen LogP contribution in [0.1, 0.15) is 0 Å². The van der Waals surface area contributed by atoms with Crippen molar-refractivity contribution >= 4 is 47.0 Å². The van der Waals surface area contributed by atoms with E-state index in [0.29, 0.717) is 0 Å². The minimum atomic E-state index is -4.85. The summed E-state index contributed by atoms with van der Waals surface area (Å²) < 4.78 is 49.1. The summed E-state index contributed by atoms with van der Waals surface area (Å²) in [5, 5.41) is 23.4. The second kappa shape index (κ2) is 11.0. The molecule has 0 aliphatic carbocycles. The topological polar surface area (TPSA) is 185 Å². The van der Waals surface area contributed by atoms with Crippen LogP contribution in [0.3, 0.4) is 0 Å². The van der Waals surface area contributed by atoms with Crippen molar-refractivity contribution in [1.29, 1.82) is 0 Å². The molecule has 0 atom stereocenters. The minimum Gasteiger partial charge on any atom is -0.370 e. The monoisotopic (exact) mass is 502 g/mol. The summed E-state index contributed by atoms with van der Waals surface area (Å²) in [5.74, 6) is -0.114. The molecule has 0 radical (unpaired) electrons. The van der Waals surface area contributed by atoms with E-state index >= 15 is 0 Å². The molecule has 5 rings (SSSR count). The number of hydrogen-bond acceptors (Lipinski definition) is 10. The lowest BCUT2D eigenvalue weighted by molar-refractivity contribution is 0.493. The number of hydrazone groups is 1. The van der Waals surface area contributed by atoms with Gasteiger partial charge in [-0.1, -0.05) is 42.5 Å². The maximum Gasteiger partial charge on any atom is 0.439 e. The van der Waals surface area contributed by atoms with Crippen LogP contribution in [0.2, 0.25) is 0 Å². The van der Waals surface area contributed by atoms with Gasteiger partial charge in [-0.25, -0.2) is 0 Å². The molecule has 3 aromatic carbocycles. The van der Waals surface area contributed by atoms with E-state index in [9.17, 15) is 16.8 Å². The molecule has 13 nitrogen and oxygen atoms in total. The summed E-state index contributed by atoms with van der Waals surface area (Å²) >= 11 is 0. The standard InChI is InChI=1S/C7H8N2O5S2.2C6H5N3/c1-8-9-15(10,11)16(12,13)14-7-5-3-2-4-6-7;2*1-2-4-6-5(3-1)7-9-8-6/h2-6,9H,1H2;2*1-4H,(H,7,8,9). The SMILES string of the molecule is C=NNS(=O)(=O)S(=O)(=O)Oc1ccccc1.c1ccc2n[nH]nc2c1.c1ccc2n[nH]nc2c1. The van der Waals surface area contributed by atoms with Crippen molar-refractivity contribution in [2.75, 3.05) is 0 Å². The van der Waals surface area contributed by atoms with Crippen molar-refractivity contribution in [2.45, 2.75) is 0 Å². The van der Waals surface area contributed by atoms with Gasteiger partial charge in [0.05, 0.1) is 0 Å². The number of hydrogen-bond donors (Lipinski definition) is 3. The largest absolute Gasteiger partial charge is 0.439 e. The smallest absolute Gasteiger partial charge is 0.370 e. The van der Waals surface area contributed by atoms with Gasteiger partial charge in [-0.15, -0.1) is 0 Å². The highest BCUT2D eigenvalue weighted by molar-refractivity contribution is 8.64. The number of aromatic nitrogens is 6. The highest BCUT2D eigenvalue weighted by Gasteiger charge is 2.31. The Morgan fingerprint density at radius 3 is 1.44 bits per heavy atom.